The lowest BCUT2D eigenvalue weighted by molar-refractivity contribution is -0.122. The van der Waals surface area contributed by atoms with E-state index in [2.05, 4.69) is 15.6 Å². The van der Waals surface area contributed by atoms with E-state index in [1.165, 1.54) is 0 Å². The smallest absolute Gasteiger partial charge is 0.223 e. The summed E-state index contributed by atoms with van der Waals surface area (Å²) in [5, 5.41) is 6.04. The molecule has 2 rings (SSSR count). The van der Waals surface area contributed by atoms with Gasteiger partial charge >= 0.3 is 0 Å². The van der Waals surface area contributed by atoms with Gasteiger partial charge in [0.1, 0.15) is 10.7 Å². The summed E-state index contributed by atoms with van der Waals surface area (Å²) in [6, 6.07) is 3.68. The molecule has 1 aliphatic rings. The maximum atomic E-state index is 11.4. The summed E-state index contributed by atoms with van der Waals surface area (Å²) in [6.45, 7) is 1.21. The first kappa shape index (κ1) is 12.8. The molecular weight excluding hydrogens is 248 g/mol. The fourth-order valence-electron chi connectivity index (χ4n) is 1.62. The number of hydrogen-bond donors (Lipinski definition) is 3. The van der Waals surface area contributed by atoms with Gasteiger partial charge in [0, 0.05) is 25.2 Å². The van der Waals surface area contributed by atoms with Crippen molar-refractivity contribution >= 4 is 28.8 Å². The fourth-order valence-corrected chi connectivity index (χ4v) is 1.78. The second-order valence-electron chi connectivity index (χ2n) is 4.26. The zero-order chi connectivity index (χ0) is 13.0. The zero-order valence-electron chi connectivity index (χ0n) is 9.98. The van der Waals surface area contributed by atoms with E-state index in [0.29, 0.717) is 18.8 Å². The van der Waals surface area contributed by atoms with Gasteiger partial charge in [0.05, 0.1) is 5.69 Å². The van der Waals surface area contributed by atoms with Gasteiger partial charge in [-0.25, -0.2) is 0 Å². The van der Waals surface area contributed by atoms with Crippen molar-refractivity contribution in [2.24, 2.45) is 11.7 Å². The van der Waals surface area contributed by atoms with Crippen molar-refractivity contribution in [2.45, 2.75) is 12.8 Å². The normalized spacial score (nSPS) is 14.0. The highest BCUT2D eigenvalue weighted by Gasteiger charge is 2.28. The third-order valence-corrected chi connectivity index (χ3v) is 2.92. The monoisotopic (exact) mass is 264 g/mol. The Hall–Kier alpha value is -1.69. The van der Waals surface area contributed by atoms with E-state index in [0.717, 1.165) is 18.5 Å². The predicted molar refractivity (Wildman–Crippen MR) is 74.3 cm³/mol. The summed E-state index contributed by atoms with van der Waals surface area (Å²) in [6.07, 6.45) is 3.69. The molecule has 18 heavy (non-hydrogen) atoms. The van der Waals surface area contributed by atoms with E-state index < -0.39 is 0 Å². The maximum absolute atomic E-state index is 11.4. The SMILES string of the molecule is NC(=S)c1ncccc1NCCNC(=O)C1CC1. The standard InChI is InChI=1S/C12H16N4OS/c13-11(18)10-9(2-1-5-15-10)14-6-7-16-12(17)8-3-4-8/h1-2,5,8,14H,3-4,6-7H2,(H2,13,18)(H,16,17). The van der Waals surface area contributed by atoms with Crippen molar-refractivity contribution in [3.05, 3.63) is 24.0 Å². The van der Waals surface area contributed by atoms with Crippen molar-refractivity contribution in [3.8, 4) is 0 Å². The van der Waals surface area contributed by atoms with E-state index in [1.54, 1.807) is 6.20 Å². The van der Waals surface area contributed by atoms with Gasteiger partial charge in [-0.2, -0.15) is 0 Å². The van der Waals surface area contributed by atoms with Crippen LogP contribution in [0.15, 0.2) is 18.3 Å². The predicted octanol–water partition coefficient (Wildman–Crippen LogP) is 0.654. The molecule has 0 bridgehead atoms. The Balaban J connectivity index is 1.79. The van der Waals surface area contributed by atoms with Crippen molar-refractivity contribution in [3.63, 3.8) is 0 Å². The molecule has 0 radical (unpaired) electrons. The van der Waals surface area contributed by atoms with Gasteiger partial charge in [-0.3, -0.25) is 9.78 Å². The summed E-state index contributed by atoms with van der Waals surface area (Å²) in [4.78, 5) is 15.8. The second kappa shape index (κ2) is 5.77. The number of amides is 1. The Kier molecular flexibility index (Phi) is 4.09. The number of rotatable bonds is 6. The molecule has 0 aromatic carbocycles. The molecule has 1 saturated carbocycles. The van der Waals surface area contributed by atoms with Crippen molar-refractivity contribution in [1.82, 2.24) is 10.3 Å². The molecule has 1 aliphatic carbocycles. The minimum absolute atomic E-state index is 0.151. The highest BCUT2D eigenvalue weighted by atomic mass is 32.1. The number of nitrogens with one attached hydrogen (secondary N) is 2. The van der Waals surface area contributed by atoms with Gasteiger partial charge in [0.25, 0.3) is 0 Å². The Morgan fingerprint density at radius 2 is 2.28 bits per heavy atom. The lowest BCUT2D eigenvalue weighted by atomic mass is 10.3. The molecule has 0 saturated heterocycles. The Labute approximate surface area is 111 Å². The number of hydrogen-bond acceptors (Lipinski definition) is 4. The minimum Gasteiger partial charge on any atom is -0.388 e. The maximum Gasteiger partial charge on any atom is 0.223 e. The molecule has 1 aromatic rings. The first-order chi connectivity index (χ1) is 8.68. The van der Waals surface area contributed by atoms with Gasteiger partial charge in [0.15, 0.2) is 0 Å². The van der Waals surface area contributed by atoms with Gasteiger partial charge in [0.2, 0.25) is 5.91 Å². The lowest BCUT2D eigenvalue weighted by Crippen LogP contribution is -2.30. The highest BCUT2D eigenvalue weighted by Crippen LogP contribution is 2.28. The third-order valence-electron chi connectivity index (χ3n) is 2.73. The number of carbonyl (C=O) groups is 1. The summed E-state index contributed by atoms with van der Waals surface area (Å²) >= 11 is 4.92. The van der Waals surface area contributed by atoms with Crippen LogP contribution in [0.1, 0.15) is 18.5 Å². The first-order valence-corrected chi connectivity index (χ1v) is 6.35. The van der Waals surface area contributed by atoms with Gasteiger partial charge < -0.3 is 16.4 Å². The molecule has 5 nitrogen and oxygen atoms in total. The van der Waals surface area contributed by atoms with E-state index >= 15 is 0 Å². The van der Waals surface area contributed by atoms with E-state index in [1.807, 2.05) is 12.1 Å². The molecule has 6 heteroatoms. The summed E-state index contributed by atoms with van der Waals surface area (Å²) < 4.78 is 0. The van der Waals surface area contributed by atoms with Crippen LogP contribution in [0.3, 0.4) is 0 Å². The van der Waals surface area contributed by atoms with Crippen LogP contribution in [0.4, 0.5) is 5.69 Å². The molecule has 0 aliphatic heterocycles. The number of nitrogens with two attached hydrogens (primary N) is 1. The average molecular weight is 264 g/mol. The van der Waals surface area contributed by atoms with Crippen LogP contribution < -0.4 is 16.4 Å². The number of carbonyl (C=O) groups excluding carboxylic acids is 1. The van der Waals surface area contributed by atoms with Crippen molar-refractivity contribution < 1.29 is 4.79 Å². The summed E-state index contributed by atoms with van der Waals surface area (Å²) in [5.74, 6) is 0.396. The van der Waals surface area contributed by atoms with Crippen LogP contribution in [0, 0.1) is 5.92 Å². The van der Waals surface area contributed by atoms with Crippen LogP contribution in [0.2, 0.25) is 0 Å². The topological polar surface area (TPSA) is 80.0 Å². The number of thiocarbonyl (C=S) groups is 1. The molecule has 4 N–H and O–H groups in total. The molecular formula is C12H16N4OS. The van der Waals surface area contributed by atoms with E-state index in [9.17, 15) is 4.79 Å². The lowest BCUT2D eigenvalue weighted by Gasteiger charge is -2.10. The molecule has 1 amide bonds. The van der Waals surface area contributed by atoms with Gasteiger partial charge in [-0.1, -0.05) is 12.2 Å². The third kappa shape index (κ3) is 3.40. The Bertz CT molecular complexity index is 459. The number of nitrogens with zero attached hydrogens (tertiary/aromatic N) is 1. The zero-order valence-corrected chi connectivity index (χ0v) is 10.8. The quantitative estimate of drug-likeness (QED) is 0.519. The minimum atomic E-state index is 0.151. The van der Waals surface area contributed by atoms with E-state index in [-0.39, 0.29) is 16.8 Å². The molecule has 0 atom stereocenters. The van der Waals surface area contributed by atoms with Crippen LogP contribution in [-0.4, -0.2) is 29.0 Å². The van der Waals surface area contributed by atoms with Crippen LogP contribution in [0.25, 0.3) is 0 Å². The largest absolute Gasteiger partial charge is 0.388 e. The molecule has 1 fully saturated rings. The van der Waals surface area contributed by atoms with Crippen LogP contribution >= 0.6 is 12.2 Å². The van der Waals surface area contributed by atoms with Gasteiger partial charge in [-0.15, -0.1) is 0 Å². The molecule has 1 heterocycles. The number of anilines is 1. The molecule has 96 valence electrons. The summed E-state index contributed by atoms with van der Waals surface area (Å²) in [5.41, 5.74) is 6.96. The van der Waals surface area contributed by atoms with E-state index in [4.69, 9.17) is 18.0 Å². The first-order valence-electron chi connectivity index (χ1n) is 5.95. The second-order valence-corrected chi connectivity index (χ2v) is 4.70. The average Bonchev–Trinajstić information content (AvgIpc) is 3.19. The Morgan fingerprint density at radius 3 is 2.94 bits per heavy atom. The van der Waals surface area contributed by atoms with Crippen molar-refractivity contribution in [2.75, 3.05) is 18.4 Å². The van der Waals surface area contributed by atoms with Gasteiger partial charge in [-0.05, 0) is 25.0 Å². The number of aromatic nitrogens is 1. The summed E-state index contributed by atoms with van der Waals surface area (Å²) in [7, 11) is 0. The molecule has 0 spiro atoms. The number of pyridine rings is 1. The molecule has 0 unspecified atom stereocenters. The van der Waals surface area contributed by atoms with Crippen LogP contribution in [0.5, 0.6) is 0 Å². The van der Waals surface area contributed by atoms with Crippen LogP contribution in [-0.2, 0) is 4.79 Å². The molecule has 1 aromatic heterocycles. The van der Waals surface area contributed by atoms with Crippen molar-refractivity contribution in [1.29, 1.82) is 0 Å². The highest BCUT2D eigenvalue weighted by molar-refractivity contribution is 7.80. The Morgan fingerprint density at radius 1 is 1.50 bits per heavy atom. The fraction of sp³-hybridized carbons (Fsp3) is 0.417.